The number of ether oxygens (including phenoxy) is 1. The largest absolute Gasteiger partial charge is 0.481 e. The molecule has 3 aromatic rings. The molecule has 10 heteroatoms. The lowest BCUT2D eigenvalue weighted by molar-refractivity contribution is -0.137. The van der Waals surface area contributed by atoms with Gasteiger partial charge in [0.2, 0.25) is 11.5 Å². The van der Waals surface area contributed by atoms with Crippen molar-refractivity contribution in [1.82, 2.24) is 15.6 Å². The number of aromatic nitrogens is 2. The molecule has 0 unspecified atom stereocenters. The molecule has 1 heterocycles. The lowest BCUT2D eigenvalue weighted by atomic mass is 9.98. The van der Waals surface area contributed by atoms with Crippen LogP contribution in [-0.2, 0) is 9.53 Å². The van der Waals surface area contributed by atoms with Gasteiger partial charge in [0.25, 0.3) is 5.91 Å². The highest BCUT2D eigenvalue weighted by Gasteiger charge is 2.30. The number of carbonyl (C=O) groups excluding carboxylic acids is 2. The first-order valence-electron chi connectivity index (χ1n) is 10.7. The molecule has 0 fully saturated rings. The van der Waals surface area contributed by atoms with E-state index in [0.717, 1.165) is 22.3 Å². The monoisotopic (exact) mass is 464 g/mol. The van der Waals surface area contributed by atoms with Crippen LogP contribution >= 0.6 is 0 Å². The third-order valence-corrected chi connectivity index (χ3v) is 5.68. The number of nitrogens with zero attached hydrogens (tertiary/aromatic N) is 2. The summed E-state index contributed by atoms with van der Waals surface area (Å²) in [7, 11) is 0. The molecule has 176 valence electrons. The van der Waals surface area contributed by atoms with E-state index in [0.29, 0.717) is 0 Å². The standard InChI is InChI=1S/C24H24N4O6/c1-24(2,12-11-19(29)30)26-22(31)20-21(28-34-27-20)25-23(32)33-13-18-16-9-5-3-7-14(16)15-8-4-6-10-17(15)18/h3-10,18H,11-13H2,1-2H3,(H,26,31)(H,29,30)(H,25,28,32). The van der Waals surface area contributed by atoms with Crippen LogP contribution in [0, 0.1) is 0 Å². The maximum atomic E-state index is 12.6. The van der Waals surface area contributed by atoms with Crippen LogP contribution in [0.5, 0.6) is 0 Å². The van der Waals surface area contributed by atoms with E-state index in [1.165, 1.54) is 0 Å². The number of fused-ring (bicyclic) bond motifs is 3. The Bertz CT molecular complexity index is 1190. The minimum atomic E-state index is -0.969. The fourth-order valence-electron chi connectivity index (χ4n) is 4.00. The normalized spacial score (nSPS) is 12.5. The Kier molecular flexibility index (Phi) is 6.31. The van der Waals surface area contributed by atoms with Gasteiger partial charge in [-0.2, -0.15) is 0 Å². The van der Waals surface area contributed by atoms with E-state index in [1.807, 2.05) is 48.5 Å². The van der Waals surface area contributed by atoms with Crippen LogP contribution in [0.15, 0.2) is 53.2 Å². The van der Waals surface area contributed by atoms with Gasteiger partial charge in [-0.3, -0.25) is 14.9 Å². The van der Waals surface area contributed by atoms with E-state index in [-0.39, 0.29) is 36.9 Å². The highest BCUT2D eigenvalue weighted by molar-refractivity contribution is 6.00. The number of benzene rings is 2. The lowest BCUT2D eigenvalue weighted by Crippen LogP contribution is -2.44. The summed E-state index contributed by atoms with van der Waals surface area (Å²) < 4.78 is 10.1. The SMILES string of the molecule is CC(C)(CCC(=O)O)NC(=O)c1nonc1NC(=O)OCC1c2ccccc2-c2ccccc21. The molecule has 0 saturated carbocycles. The molecule has 0 atom stereocenters. The van der Waals surface area contributed by atoms with Crippen molar-refractivity contribution in [1.29, 1.82) is 0 Å². The van der Waals surface area contributed by atoms with Crippen LogP contribution in [0.2, 0.25) is 0 Å². The van der Waals surface area contributed by atoms with Crippen LogP contribution < -0.4 is 10.6 Å². The molecule has 2 aromatic carbocycles. The van der Waals surface area contributed by atoms with Crippen LogP contribution in [0.3, 0.4) is 0 Å². The number of hydrogen-bond acceptors (Lipinski definition) is 7. The highest BCUT2D eigenvalue weighted by atomic mass is 16.6. The van der Waals surface area contributed by atoms with E-state index in [9.17, 15) is 14.4 Å². The summed E-state index contributed by atoms with van der Waals surface area (Å²) in [5.74, 6) is -1.94. The maximum absolute atomic E-state index is 12.6. The molecule has 0 radical (unpaired) electrons. The lowest BCUT2D eigenvalue weighted by Gasteiger charge is -2.25. The first kappa shape index (κ1) is 23.0. The molecule has 1 aliphatic rings. The molecule has 0 saturated heterocycles. The topological polar surface area (TPSA) is 144 Å². The number of nitrogens with one attached hydrogen (secondary N) is 2. The van der Waals surface area contributed by atoms with E-state index < -0.39 is 23.5 Å². The van der Waals surface area contributed by atoms with Crippen molar-refractivity contribution >= 4 is 23.8 Å². The number of carboxylic acids is 1. The second kappa shape index (κ2) is 9.34. The van der Waals surface area contributed by atoms with Crippen LogP contribution in [-0.4, -0.2) is 45.5 Å². The van der Waals surface area contributed by atoms with Crippen molar-refractivity contribution < 1.29 is 28.9 Å². The van der Waals surface area contributed by atoms with Crippen molar-refractivity contribution in [3.63, 3.8) is 0 Å². The van der Waals surface area contributed by atoms with Crippen LogP contribution in [0.1, 0.15) is 54.2 Å². The number of carboxylic acid groups (broad SMARTS) is 1. The van der Waals surface area contributed by atoms with Gasteiger partial charge in [0.15, 0.2) is 0 Å². The summed E-state index contributed by atoms with van der Waals surface area (Å²) >= 11 is 0. The fourth-order valence-corrected chi connectivity index (χ4v) is 4.00. The van der Waals surface area contributed by atoms with E-state index in [4.69, 9.17) is 9.84 Å². The molecular formula is C24H24N4O6. The molecule has 0 bridgehead atoms. The Labute approximate surface area is 195 Å². The molecule has 0 aliphatic heterocycles. The summed E-state index contributed by atoms with van der Waals surface area (Å²) in [6, 6.07) is 15.9. The molecule has 3 N–H and O–H groups in total. The smallest absolute Gasteiger partial charge is 0.412 e. The van der Waals surface area contributed by atoms with Crippen LogP contribution in [0.4, 0.5) is 10.6 Å². The van der Waals surface area contributed by atoms with Gasteiger partial charge in [-0.1, -0.05) is 48.5 Å². The average molecular weight is 464 g/mol. The van der Waals surface area contributed by atoms with Crippen molar-refractivity contribution in [3.05, 3.63) is 65.4 Å². The average Bonchev–Trinajstić information content (AvgIpc) is 3.39. The Morgan fingerprint density at radius 3 is 2.26 bits per heavy atom. The number of aliphatic carboxylic acids is 1. The van der Waals surface area contributed by atoms with E-state index >= 15 is 0 Å². The number of hydrogen-bond donors (Lipinski definition) is 3. The first-order valence-corrected chi connectivity index (χ1v) is 10.7. The Morgan fingerprint density at radius 1 is 1.03 bits per heavy atom. The number of rotatable bonds is 8. The third kappa shape index (κ3) is 4.90. The Morgan fingerprint density at radius 2 is 1.65 bits per heavy atom. The predicted octanol–water partition coefficient (Wildman–Crippen LogP) is 3.80. The molecule has 0 spiro atoms. The van der Waals surface area contributed by atoms with Gasteiger partial charge < -0.3 is 15.2 Å². The van der Waals surface area contributed by atoms with Gasteiger partial charge in [-0.05, 0) is 52.8 Å². The summed E-state index contributed by atoms with van der Waals surface area (Å²) in [5, 5.41) is 21.1. The number of carbonyl (C=O) groups is 3. The van der Waals surface area contributed by atoms with Crippen molar-refractivity contribution in [2.45, 2.75) is 38.1 Å². The van der Waals surface area contributed by atoms with Gasteiger partial charge in [0, 0.05) is 17.9 Å². The maximum Gasteiger partial charge on any atom is 0.412 e. The minimum Gasteiger partial charge on any atom is -0.481 e. The molecule has 10 nitrogen and oxygen atoms in total. The van der Waals surface area contributed by atoms with Crippen LogP contribution in [0.25, 0.3) is 11.1 Å². The van der Waals surface area contributed by atoms with Crippen molar-refractivity contribution in [3.8, 4) is 11.1 Å². The zero-order valence-electron chi connectivity index (χ0n) is 18.7. The minimum absolute atomic E-state index is 0.0922. The summed E-state index contributed by atoms with van der Waals surface area (Å²) in [4.78, 5) is 35.9. The molecular weight excluding hydrogens is 440 g/mol. The first-order chi connectivity index (χ1) is 16.2. The Balaban J connectivity index is 1.39. The Hall–Kier alpha value is -4.21. The summed E-state index contributed by atoms with van der Waals surface area (Å²) in [5.41, 5.74) is 3.30. The molecule has 1 aliphatic carbocycles. The van der Waals surface area contributed by atoms with Gasteiger partial charge in [0.1, 0.15) is 6.61 Å². The van der Waals surface area contributed by atoms with Gasteiger partial charge in [0.05, 0.1) is 0 Å². The van der Waals surface area contributed by atoms with Gasteiger partial charge in [-0.25, -0.2) is 9.42 Å². The quantitative estimate of drug-likeness (QED) is 0.457. The molecule has 1 aromatic heterocycles. The van der Waals surface area contributed by atoms with E-state index in [1.54, 1.807) is 13.8 Å². The molecule has 34 heavy (non-hydrogen) atoms. The van der Waals surface area contributed by atoms with Gasteiger partial charge in [-0.15, -0.1) is 0 Å². The summed E-state index contributed by atoms with van der Waals surface area (Å²) in [6.45, 7) is 3.45. The summed E-state index contributed by atoms with van der Waals surface area (Å²) in [6.07, 6.45) is -0.722. The van der Waals surface area contributed by atoms with Crippen molar-refractivity contribution in [2.24, 2.45) is 0 Å². The predicted molar refractivity (Wildman–Crippen MR) is 121 cm³/mol. The molecule has 2 amide bonds. The highest BCUT2D eigenvalue weighted by Crippen LogP contribution is 2.44. The second-order valence-corrected chi connectivity index (χ2v) is 8.64. The zero-order valence-corrected chi connectivity index (χ0v) is 18.7. The van der Waals surface area contributed by atoms with Gasteiger partial charge >= 0.3 is 12.1 Å². The number of amides is 2. The molecule has 4 rings (SSSR count). The zero-order chi connectivity index (χ0) is 24.3. The third-order valence-electron chi connectivity index (χ3n) is 5.68. The fraction of sp³-hybridized carbons (Fsp3) is 0.292. The number of anilines is 1. The second-order valence-electron chi connectivity index (χ2n) is 8.64. The van der Waals surface area contributed by atoms with Crippen molar-refractivity contribution in [2.75, 3.05) is 11.9 Å². The van der Waals surface area contributed by atoms with E-state index in [2.05, 4.69) is 25.6 Å².